The van der Waals surface area contributed by atoms with Crippen molar-refractivity contribution in [3.05, 3.63) is 23.8 Å². The van der Waals surface area contributed by atoms with E-state index in [1.165, 1.54) is 0 Å². The fourth-order valence-electron chi connectivity index (χ4n) is 4.83. The van der Waals surface area contributed by atoms with E-state index in [-0.39, 0.29) is 36.6 Å². The lowest BCUT2D eigenvalue weighted by molar-refractivity contribution is -0.205. The third kappa shape index (κ3) is 6.38. The SMILES string of the molecule is CCC(OC)C(C)C1CC1C(O)C(C)/C=C/C=C(\C)C1O[C@@H](OC)CC[C@H]1OC. The maximum absolute atomic E-state index is 10.8. The Balaban J connectivity index is 1.90. The minimum atomic E-state index is -0.308. The van der Waals surface area contributed by atoms with E-state index in [9.17, 15) is 5.11 Å². The number of hydrogen-bond donors (Lipinski definition) is 1. The van der Waals surface area contributed by atoms with Gasteiger partial charge in [0.15, 0.2) is 6.29 Å². The van der Waals surface area contributed by atoms with Crippen LogP contribution in [0.2, 0.25) is 0 Å². The molecule has 1 aliphatic carbocycles. The molecule has 0 radical (unpaired) electrons. The largest absolute Gasteiger partial charge is 0.392 e. The van der Waals surface area contributed by atoms with E-state index in [4.69, 9.17) is 18.9 Å². The second-order valence-corrected chi connectivity index (χ2v) is 8.82. The molecule has 0 aromatic rings. The van der Waals surface area contributed by atoms with Gasteiger partial charge in [-0.2, -0.15) is 0 Å². The van der Waals surface area contributed by atoms with Crippen molar-refractivity contribution >= 4 is 0 Å². The van der Waals surface area contributed by atoms with Crippen molar-refractivity contribution in [3.63, 3.8) is 0 Å². The summed E-state index contributed by atoms with van der Waals surface area (Å²) < 4.78 is 22.6. The normalized spacial score (nSPS) is 34.8. The molecule has 0 amide bonds. The summed E-state index contributed by atoms with van der Waals surface area (Å²) in [4.78, 5) is 0. The lowest BCUT2D eigenvalue weighted by Gasteiger charge is -2.35. The fraction of sp³-hybridized carbons (Fsp3) is 0.833. The highest BCUT2D eigenvalue weighted by Gasteiger charge is 2.48. The maximum atomic E-state index is 10.8. The smallest absolute Gasteiger partial charge is 0.158 e. The molecule has 7 unspecified atom stereocenters. The van der Waals surface area contributed by atoms with Crippen LogP contribution >= 0.6 is 0 Å². The molecule has 1 aliphatic heterocycles. The molecule has 2 rings (SSSR count). The Hall–Kier alpha value is -0.720. The Kier molecular flexibility index (Phi) is 9.83. The van der Waals surface area contributed by atoms with Crippen molar-refractivity contribution in [1.82, 2.24) is 0 Å². The van der Waals surface area contributed by atoms with E-state index in [0.29, 0.717) is 17.8 Å². The summed E-state index contributed by atoms with van der Waals surface area (Å²) in [6.45, 7) is 8.57. The van der Waals surface area contributed by atoms with Crippen LogP contribution in [0.3, 0.4) is 0 Å². The number of allylic oxidation sites excluding steroid dienone is 2. The van der Waals surface area contributed by atoms with Crippen LogP contribution in [-0.4, -0.2) is 57.1 Å². The zero-order chi connectivity index (χ0) is 21.6. The number of hydrogen-bond acceptors (Lipinski definition) is 5. The standard InChI is InChI=1S/C24H42O5/c1-8-20(26-5)17(4)18-14-19(18)23(25)15(2)10-9-11-16(3)24-21(27-6)12-13-22(28-7)29-24/h9-11,15,17-25H,8,12-14H2,1-7H3/b10-9+,16-11+/t15?,17?,18?,19?,20?,21-,22-,23?,24?/m1/s1. The lowest BCUT2D eigenvalue weighted by Crippen LogP contribution is -2.41. The zero-order valence-corrected chi connectivity index (χ0v) is 19.3. The average molecular weight is 411 g/mol. The molecule has 1 heterocycles. The summed E-state index contributed by atoms with van der Waals surface area (Å²) >= 11 is 0. The molecule has 9 atom stereocenters. The summed E-state index contributed by atoms with van der Waals surface area (Å²) in [5.41, 5.74) is 1.11. The van der Waals surface area contributed by atoms with Crippen LogP contribution in [0, 0.1) is 23.7 Å². The van der Waals surface area contributed by atoms with E-state index in [1.807, 2.05) is 6.08 Å². The second kappa shape index (κ2) is 11.6. The van der Waals surface area contributed by atoms with Crippen LogP contribution in [0.1, 0.15) is 53.4 Å². The first kappa shape index (κ1) is 24.5. The van der Waals surface area contributed by atoms with E-state index < -0.39 is 0 Å². The van der Waals surface area contributed by atoms with E-state index in [0.717, 1.165) is 31.3 Å². The molecular weight excluding hydrogens is 368 g/mol. The van der Waals surface area contributed by atoms with E-state index in [2.05, 4.69) is 39.8 Å². The Bertz CT molecular complexity index is 541. The minimum Gasteiger partial charge on any atom is -0.392 e. The highest BCUT2D eigenvalue weighted by Crippen LogP contribution is 2.49. The van der Waals surface area contributed by atoms with Crippen molar-refractivity contribution < 1.29 is 24.1 Å². The van der Waals surface area contributed by atoms with Gasteiger partial charge in [0.1, 0.15) is 6.10 Å². The Morgan fingerprint density at radius 1 is 1.14 bits per heavy atom. The fourth-order valence-corrected chi connectivity index (χ4v) is 4.83. The van der Waals surface area contributed by atoms with Gasteiger partial charge < -0.3 is 24.1 Å². The van der Waals surface area contributed by atoms with Gasteiger partial charge in [-0.05, 0) is 49.5 Å². The van der Waals surface area contributed by atoms with Gasteiger partial charge in [-0.25, -0.2) is 0 Å². The van der Waals surface area contributed by atoms with Gasteiger partial charge in [0.25, 0.3) is 0 Å². The molecule has 2 fully saturated rings. The molecule has 29 heavy (non-hydrogen) atoms. The third-order valence-electron chi connectivity index (χ3n) is 6.95. The van der Waals surface area contributed by atoms with Crippen molar-refractivity contribution in [2.45, 2.75) is 84.1 Å². The van der Waals surface area contributed by atoms with Gasteiger partial charge in [-0.3, -0.25) is 0 Å². The molecule has 1 saturated carbocycles. The zero-order valence-electron chi connectivity index (χ0n) is 19.3. The second-order valence-electron chi connectivity index (χ2n) is 8.82. The molecule has 168 valence electrons. The van der Waals surface area contributed by atoms with Crippen molar-refractivity contribution in [2.75, 3.05) is 21.3 Å². The van der Waals surface area contributed by atoms with Gasteiger partial charge >= 0.3 is 0 Å². The lowest BCUT2D eigenvalue weighted by atomic mass is 9.91. The maximum Gasteiger partial charge on any atom is 0.158 e. The molecule has 0 spiro atoms. The first-order valence-corrected chi connectivity index (χ1v) is 11.1. The average Bonchev–Trinajstić information content (AvgIpc) is 3.54. The minimum absolute atomic E-state index is 0.0510. The predicted octanol–water partition coefficient (Wildman–Crippen LogP) is 4.35. The number of rotatable bonds is 11. The van der Waals surface area contributed by atoms with E-state index >= 15 is 0 Å². The summed E-state index contributed by atoms with van der Waals surface area (Å²) in [6.07, 6.45) is 9.85. The molecule has 1 saturated heterocycles. The van der Waals surface area contributed by atoms with Crippen LogP contribution in [0.5, 0.6) is 0 Å². The predicted molar refractivity (Wildman–Crippen MR) is 116 cm³/mol. The number of aliphatic hydroxyl groups excluding tert-OH is 1. The summed E-state index contributed by atoms with van der Waals surface area (Å²) in [7, 11) is 5.20. The van der Waals surface area contributed by atoms with Gasteiger partial charge in [0.2, 0.25) is 0 Å². The quantitative estimate of drug-likeness (QED) is 0.513. The number of methoxy groups -OCH3 is 3. The van der Waals surface area contributed by atoms with Crippen LogP contribution < -0.4 is 0 Å². The monoisotopic (exact) mass is 410 g/mol. The Morgan fingerprint density at radius 2 is 1.86 bits per heavy atom. The van der Waals surface area contributed by atoms with Gasteiger partial charge in [-0.15, -0.1) is 0 Å². The first-order valence-electron chi connectivity index (χ1n) is 11.1. The molecule has 0 bridgehead atoms. The summed E-state index contributed by atoms with van der Waals surface area (Å²) in [5, 5.41) is 10.8. The van der Waals surface area contributed by atoms with Gasteiger partial charge in [0.05, 0.1) is 18.3 Å². The first-order chi connectivity index (χ1) is 13.9. The molecule has 5 nitrogen and oxygen atoms in total. The van der Waals surface area contributed by atoms with Crippen LogP contribution in [0.25, 0.3) is 0 Å². The Morgan fingerprint density at radius 3 is 2.45 bits per heavy atom. The van der Waals surface area contributed by atoms with Crippen LogP contribution in [0.4, 0.5) is 0 Å². The Labute approximate surface area is 177 Å². The highest BCUT2D eigenvalue weighted by molar-refractivity contribution is 5.17. The summed E-state index contributed by atoms with van der Waals surface area (Å²) in [6, 6.07) is 0. The van der Waals surface area contributed by atoms with Gasteiger partial charge in [-0.1, -0.05) is 39.0 Å². The van der Waals surface area contributed by atoms with Crippen molar-refractivity contribution in [2.24, 2.45) is 23.7 Å². The van der Waals surface area contributed by atoms with Crippen molar-refractivity contribution in [3.8, 4) is 0 Å². The molecule has 5 heteroatoms. The molecule has 1 N–H and O–H groups in total. The van der Waals surface area contributed by atoms with Crippen molar-refractivity contribution in [1.29, 1.82) is 0 Å². The van der Waals surface area contributed by atoms with E-state index in [1.54, 1.807) is 21.3 Å². The summed E-state index contributed by atoms with van der Waals surface area (Å²) in [5.74, 6) is 1.54. The van der Waals surface area contributed by atoms with Crippen LogP contribution in [0.15, 0.2) is 23.8 Å². The number of ether oxygens (including phenoxy) is 4. The highest BCUT2D eigenvalue weighted by atomic mass is 16.7. The number of aliphatic hydroxyl groups is 1. The van der Waals surface area contributed by atoms with Crippen LogP contribution in [-0.2, 0) is 18.9 Å². The van der Waals surface area contributed by atoms with Gasteiger partial charge in [0, 0.05) is 33.7 Å². The third-order valence-corrected chi connectivity index (χ3v) is 6.95. The molecular formula is C24H42O5. The topological polar surface area (TPSA) is 57.2 Å². The molecule has 0 aromatic carbocycles. The molecule has 2 aliphatic rings. The molecule has 0 aromatic heterocycles.